The molecule has 0 aliphatic rings. The Labute approximate surface area is 190 Å². The molecule has 0 saturated heterocycles. The highest BCUT2D eigenvalue weighted by Crippen LogP contribution is 2.34. The summed E-state index contributed by atoms with van der Waals surface area (Å²) in [4.78, 5) is 29.1. The van der Waals surface area contributed by atoms with Crippen molar-refractivity contribution in [1.82, 2.24) is 19.9 Å². The summed E-state index contributed by atoms with van der Waals surface area (Å²) in [6, 6.07) is 4.01. The predicted molar refractivity (Wildman–Crippen MR) is 118 cm³/mol. The number of thiazole rings is 1. The number of nitrogens with zero attached hydrogens (tertiary/aromatic N) is 3. The summed E-state index contributed by atoms with van der Waals surface area (Å²) in [5.41, 5.74) is 0.646. The van der Waals surface area contributed by atoms with Gasteiger partial charge in [-0.25, -0.2) is 18.7 Å². The van der Waals surface area contributed by atoms with Gasteiger partial charge in [-0.3, -0.25) is 15.1 Å². The van der Waals surface area contributed by atoms with E-state index in [9.17, 15) is 18.7 Å². The maximum atomic E-state index is 13.8. The summed E-state index contributed by atoms with van der Waals surface area (Å²) in [7, 11) is 0. The van der Waals surface area contributed by atoms with Crippen molar-refractivity contribution in [2.75, 3.05) is 18.5 Å². The number of alkyl halides is 2. The van der Waals surface area contributed by atoms with E-state index in [1.54, 1.807) is 6.20 Å². The number of rotatable bonds is 8. The van der Waals surface area contributed by atoms with Crippen LogP contribution >= 0.6 is 11.3 Å². The number of benzene rings is 1. The molecule has 9 nitrogen and oxygen atoms in total. The number of aromatic nitrogens is 4. The van der Waals surface area contributed by atoms with Gasteiger partial charge in [0.15, 0.2) is 5.13 Å². The number of halogens is 2. The molecule has 0 saturated carbocycles. The van der Waals surface area contributed by atoms with Crippen LogP contribution in [-0.4, -0.2) is 55.4 Å². The van der Waals surface area contributed by atoms with Crippen LogP contribution < -0.4 is 10.1 Å². The van der Waals surface area contributed by atoms with E-state index in [1.165, 1.54) is 35.9 Å². The van der Waals surface area contributed by atoms with Crippen molar-refractivity contribution < 1.29 is 28.5 Å². The quantitative estimate of drug-likeness (QED) is 0.307. The number of carbonyl (C=O) groups excluding carboxylic acids is 1. The van der Waals surface area contributed by atoms with Gasteiger partial charge in [-0.2, -0.15) is 0 Å². The molecule has 0 bridgehead atoms. The third kappa shape index (κ3) is 4.97. The number of hydrogen-bond donors (Lipinski definition) is 4. The second kappa shape index (κ2) is 9.57. The first-order valence-corrected chi connectivity index (χ1v) is 10.6. The lowest BCUT2D eigenvalue weighted by molar-refractivity contribution is 0.0534. The van der Waals surface area contributed by atoms with Crippen molar-refractivity contribution in [2.24, 2.45) is 0 Å². The minimum atomic E-state index is -2.84. The number of fused-ring (bicyclic) bond motifs is 1. The van der Waals surface area contributed by atoms with Crippen molar-refractivity contribution in [3.63, 3.8) is 0 Å². The maximum absolute atomic E-state index is 13.8. The standard InChI is InChI=1S/C21H19F2N5O4S/c1-10-5-25-21(33-10)28-20(31)15-6-24-7-16-17(15)27-19(26-16)13-3-2-12(4-14(13)18(22)23)32-9-11(30)8-29/h2-7,11,18,29-30H,8-9H2,1H3,(H,26,27)(H,25,28,31)/t11-/m1/s1. The molecule has 4 aromatic rings. The molecule has 33 heavy (non-hydrogen) atoms. The summed E-state index contributed by atoms with van der Waals surface area (Å²) in [6.45, 7) is 1.11. The second-order valence-corrected chi connectivity index (χ2v) is 8.33. The number of hydrogen-bond acceptors (Lipinski definition) is 8. The Morgan fingerprint density at radius 3 is 2.82 bits per heavy atom. The number of pyridine rings is 1. The predicted octanol–water partition coefficient (Wildman–Crippen LogP) is 3.31. The van der Waals surface area contributed by atoms with E-state index in [1.807, 2.05) is 6.92 Å². The molecule has 4 N–H and O–H groups in total. The minimum Gasteiger partial charge on any atom is -0.491 e. The molecule has 0 aliphatic carbocycles. The van der Waals surface area contributed by atoms with Crippen molar-refractivity contribution in [3.8, 4) is 17.1 Å². The van der Waals surface area contributed by atoms with Gasteiger partial charge in [0.1, 0.15) is 29.8 Å². The average molecular weight is 475 g/mol. The Bertz CT molecular complexity index is 1290. The number of H-pyrrole nitrogens is 1. The van der Waals surface area contributed by atoms with E-state index in [2.05, 4.69) is 25.3 Å². The number of aryl methyl sites for hydroxylation is 1. The van der Waals surface area contributed by atoms with Gasteiger partial charge in [0.25, 0.3) is 12.3 Å². The summed E-state index contributed by atoms with van der Waals surface area (Å²) in [5, 5.41) is 21.4. The summed E-state index contributed by atoms with van der Waals surface area (Å²) < 4.78 is 32.9. The zero-order chi connectivity index (χ0) is 23.5. The van der Waals surface area contributed by atoms with Crippen LogP contribution in [0.25, 0.3) is 22.4 Å². The van der Waals surface area contributed by atoms with Crippen LogP contribution in [0.1, 0.15) is 27.2 Å². The lowest BCUT2D eigenvalue weighted by Crippen LogP contribution is -2.21. The highest BCUT2D eigenvalue weighted by Gasteiger charge is 2.21. The molecule has 4 rings (SSSR count). The van der Waals surface area contributed by atoms with Crippen LogP contribution in [0, 0.1) is 6.92 Å². The number of anilines is 1. The molecule has 0 aliphatic heterocycles. The molecule has 3 heterocycles. The first kappa shape index (κ1) is 22.7. The minimum absolute atomic E-state index is 0.109. The molecular formula is C21H19F2N5O4S. The Morgan fingerprint density at radius 2 is 2.12 bits per heavy atom. The first-order valence-electron chi connectivity index (χ1n) is 9.77. The number of imidazole rings is 1. The van der Waals surface area contributed by atoms with Gasteiger partial charge in [-0.15, -0.1) is 11.3 Å². The van der Waals surface area contributed by atoms with Gasteiger partial charge >= 0.3 is 0 Å². The molecule has 1 amide bonds. The second-order valence-electron chi connectivity index (χ2n) is 7.09. The maximum Gasteiger partial charge on any atom is 0.264 e. The molecule has 172 valence electrons. The SMILES string of the molecule is Cc1cnc(NC(=O)c2cncc3nc(-c4ccc(OC[C@H](O)CO)cc4C(F)F)[nH]c23)s1. The monoisotopic (exact) mass is 475 g/mol. The van der Waals surface area contributed by atoms with E-state index in [4.69, 9.17) is 9.84 Å². The topological polar surface area (TPSA) is 133 Å². The Morgan fingerprint density at radius 1 is 1.30 bits per heavy atom. The van der Waals surface area contributed by atoms with Crippen molar-refractivity contribution in [3.05, 3.63) is 52.8 Å². The number of amides is 1. The molecule has 0 fully saturated rings. The summed E-state index contributed by atoms with van der Waals surface area (Å²) in [6.07, 6.45) is 0.457. The zero-order valence-corrected chi connectivity index (χ0v) is 18.1. The van der Waals surface area contributed by atoms with E-state index in [0.29, 0.717) is 16.2 Å². The number of nitrogens with one attached hydrogen (secondary N) is 2. The Balaban J connectivity index is 1.67. The smallest absolute Gasteiger partial charge is 0.264 e. The fraction of sp³-hybridized carbons (Fsp3) is 0.238. The van der Waals surface area contributed by atoms with Crippen LogP contribution in [0.4, 0.5) is 13.9 Å². The normalized spacial score (nSPS) is 12.3. The third-order valence-electron chi connectivity index (χ3n) is 4.65. The van der Waals surface area contributed by atoms with Crippen molar-refractivity contribution in [1.29, 1.82) is 0 Å². The van der Waals surface area contributed by atoms with Gasteiger partial charge in [0.2, 0.25) is 0 Å². The number of aliphatic hydroxyl groups is 2. The van der Waals surface area contributed by atoms with Crippen LogP contribution in [0.15, 0.2) is 36.8 Å². The number of aliphatic hydroxyl groups excluding tert-OH is 2. The Kier molecular flexibility index (Phi) is 6.58. The van der Waals surface area contributed by atoms with Gasteiger partial charge in [-0.1, -0.05) is 0 Å². The molecule has 0 spiro atoms. The molecule has 0 unspecified atom stereocenters. The fourth-order valence-electron chi connectivity index (χ4n) is 3.08. The van der Waals surface area contributed by atoms with E-state index >= 15 is 0 Å². The van der Waals surface area contributed by atoms with Crippen LogP contribution in [0.5, 0.6) is 5.75 Å². The molecule has 3 aromatic heterocycles. The highest BCUT2D eigenvalue weighted by molar-refractivity contribution is 7.15. The van der Waals surface area contributed by atoms with Crippen LogP contribution in [-0.2, 0) is 0 Å². The fourth-order valence-corrected chi connectivity index (χ4v) is 3.74. The summed E-state index contributed by atoms with van der Waals surface area (Å²) >= 11 is 1.32. The van der Waals surface area contributed by atoms with Gasteiger partial charge in [0.05, 0.1) is 23.9 Å². The Hall–Kier alpha value is -3.48. The van der Waals surface area contributed by atoms with Gasteiger partial charge < -0.3 is 19.9 Å². The van der Waals surface area contributed by atoms with E-state index < -0.39 is 25.0 Å². The van der Waals surface area contributed by atoms with Crippen molar-refractivity contribution >= 4 is 33.4 Å². The number of carbonyl (C=O) groups is 1. The number of ether oxygens (including phenoxy) is 1. The third-order valence-corrected chi connectivity index (χ3v) is 5.48. The lowest BCUT2D eigenvalue weighted by atomic mass is 10.1. The molecule has 1 atom stereocenters. The molecule has 12 heteroatoms. The molecule has 0 radical (unpaired) electrons. The van der Waals surface area contributed by atoms with Crippen LogP contribution in [0.3, 0.4) is 0 Å². The van der Waals surface area contributed by atoms with Gasteiger partial charge in [0, 0.05) is 28.4 Å². The largest absolute Gasteiger partial charge is 0.491 e. The number of aromatic amines is 1. The van der Waals surface area contributed by atoms with Crippen molar-refractivity contribution in [2.45, 2.75) is 19.5 Å². The van der Waals surface area contributed by atoms with E-state index in [-0.39, 0.29) is 34.9 Å². The molecule has 1 aromatic carbocycles. The zero-order valence-electron chi connectivity index (χ0n) is 17.2. The summed E-state index contributed by atoms with van der Waals surface area (Å²) in [5.74, 6) is -0.217. The highest BCUT2D eigenvalue weighted by atomic mass is 32.1. The molecular weight excluding hydrogens is 456 g/mol. The van der Waals surface area contributed by atoms with Gasteiger partial charge in [-0.05, 0) is 25.1 Å². The van der Waals surface area contributed by atoms with Crippen LogP contribution in [0.2, 0.25) is 0 Å². The average Bonchev–Trinajstić information content (AvgIpc) is 3.42. The first-order chi connectivity index (χ1) is 15.9. The lowest BCUT2D eigenvalue weighted by Gasteiger charge is -2.13. The van der Waals surface area contributed by atoms with E-state index in [0.717, 1.165) is 10.9 Å².